The number of rotatable bonds is 7. The summed E-state index contributed by atoms with van der Waals surface area (Å²) in [7, 11) is 0. The molecule has 0 aliphatic carbocycles. The van der Waals surface area contributed by atoms with Crippen molar-refractivity contribution in [3.63, 3.8) is 0 Å². The van der Waals surface area contributed by atoms with Gasteiger partial charge in [-0.2, -0.15) is 0 Å². The Labute approximate surface area is 157 Å². The van der Waals surface area contributed by atoms with Gasteiger partial charge in [0.15, 0.2) is 0 Å². The maximum absolute atomic E-state index is 13.2. The molecule has 146 valence electrons. The first-order chi connectivity index (χ1) is 12.3. The molecule has 1 unspecified atom stereocenters. The molecule has 0 bridgehead atoms. The monoisotopic (exact) mass is 363 g/mol. The highest BCUT2D eigenvalue weighted by Gasteiger charge is 2.27. The first-order valence-electron chi connectivity index (χ1n) is 9.85. The molecule has 1 amide bonds. The molecule has 2 rings (SSSR count). The molecule has 0 aromatic heterocycles. The maximum atomic E-state index is 13.2. The number of nitrogens with zero attached hydrogens (tertiary/aromatic N) is 2. The Morgan fingerprint density at radius 1 is 1.19 bits per heavy atom. The van der Waals surface area contributed by atoms with Gasteiger partial charge in [-0.3, -0.25) is 9.69 Å². The maximum Gasteiger partial charge on any atom is 0.221 e. The average Bonchev–Trinajstić information content (AvgIpc) is 2.77. The van der Waals surface area contributed by atoms with Gasteiger partial charge in [0.2, 0.25) is 5.91 Å². The number of nitrogens with one attached hydrogen (secondary N) is 1. The quantitative estimate of drug-likeness (QED) is 0.808. The van der Waals surface area contributed by atoms with E-state index in [9.17, 15) is 9.18 Å². The smallest absolute Gasteiger partial charge is 0.221 e. The van der Waals surface area contributed by atoms with Crippen LogP contribution < -0.4 is 5.32 Å². The molecule has 0 spiro atoms. The van der Waals surface area contributed by atoms with Gasteiger partial charge in [-0.25, -0.2) is 4.39 Å². The number of carbonyl (C=O) groups excluding carboxylic acids is 1. The summed E-state index contributed by atoms with van der Waals surface area (Å²) < 4.78 is 13.2. The first kappa shape index (κ1) is 20.8. The molecule has 0 radical (unpaired) electrons. The van der Waals surface area contributed by atoms with Crippen LogP contribution >= 0.6 is 0 Å². The van der Waals surface area contributed by atoms with Gasteiger partial charge in [0, 0.05) is 44.7 Å². The summed E-state index contributed by atoms with van der Waals surface area (Å²) in [4.78, 5) is 16.9. The minimum absolute atomic E-state index is 0.133. The number of amides is 1. The molecular weight excluding hydrogens is 329 g/mol. The summed E-state index contributed by atoms with van der Waals surface area (Å²) in [6.07, 6.45) is 1.65. The van der Waals surface area contributed by atoms with E-state index in [1.165, 1.54) is 12.1 Å². The summed E-state index contributed by atoms with van der Waals surface area (Å²) in [5, 5.41) is 2.97. The van der Waals surface area contributed by atoms with E-state index in [2.05, 4.69) is 29.0 Å². The number of benzene rings is 1. The third-order valence-electron chi connectivity index (χ3n) is 5.01. The zero-order valence-corrected chi connectivity index (χ0v) is 16.7. The van der Waals surface area contributed by atoms with Crippen molar-refractivity contribution in [2.75, 3.05) is 26.2 Å². The first-order valence-corrected chi connectivity index (χ1v) is 9.85. The van der Waals surface area contributed by atoms with Crippen LogP contribution in [0.5, 0.6) is 0 Å². The van der Waals surface area contributed by atoms with Gasteiger partial charge in [-0.05, 0) is 50.4 Å². The van der Waals surface area contributed by atoms with E-state index >= 15 is 0 Å². The Kier molecular flexibility index (Phi) is 8.04. The van der Waals surface area contributed by atoms with E-state index in [-0.39, 0.29) is 17.8 Å². The van der Waals surface area contributed by atoms with Crippen LogP contribution in [0.4, 0.5) is 4.39 Å². The molecule has 1 aliphatic rings. The van der Waals surface area contributed by atoms with Crippen LogP contribution in [-0.4, -0.2) is 54.0 Å². The highest BCUT2D eigenvalue weighted by Crippen LogP contribution is 2.20. The summed E-state index contributed by atoms with van der Waals surface area (Å²) in [6.45, 7) is 13.2. The Bertz CT molecular complexity index is 559. The van der Waals surface area contributed by atoms with Gasteiger partial charge < -0.3 is 10.2 Å². The SMILES string of the molecule is CC(C)NC(=O)CCN1CCCN(Cc2ccc(F)cc2)C(C(C)C)C1. The lowest BCUT2D eigenvalue weighted by Crippen LogP contribution is -2.44. The Morgan fingerprint density at radius 2 is 1.88 bits per heavy atom. The standard InChI is InChI=1S/C21H34FN3O/c1-16(2)20-15-24(13-10-21(26)23-17(3)4)11-5-12-25(20)14-18-6-8-19(22)9-7-18/h6-9,16-17,20H,5,10-15H2,1-4H3,(H,23,26). The highest BCUT2D eigenvalue weighted by molar-refractivity contribution is 5.76. The van der Waals surface area contributed by atoms with Crippen molar-refractivity contribution < 1.29 is 9.18 Å². The third-order valence-corrected chi connectivity index (χ3v) is 5.01. The predicted octanol–water partition coefficient (Wildman–Crippen LogP) is 3.27. The molecule has 1 fully saturated rings. The Balaban J connectivity index is 1.95. The average molecular weight is 364 g/mol. The zero-order valence-electron chi connectivity index (χ0n) is 16.7. The predicted molar refractivity (Wildman–Crippen MR) is 104 cm³/mol. The van der Waals surface area contributed by atoms with Crippen LogP contribution in [0.1, 0.15) is 46.1 Å². The molecule has 1 aromatic carbocycles. The van der Waals surface area contributed by atoms with Crippen molar-refractivity contribution >= 4 is 5.91 Å². The summed E-state index contributed by atoms with van der Waals surface area (Å²) >= 11 is 0. The molecule has 26 heavy (non-hydrogen) atoms. The van der Waals surface area contributed by atoms with E-state index in [4.69, 9.17) is 0 Å². The van der Waals surface area contributed by atoms with Gasteiger partial charge in [0.05, 0.1) is 0 Å². The van der Waals surface area contributed by atoms with Crippen LogP contribution in [0.15, 0.2) is 24.3 Å². The van der Waals surface area contributed by atoms with Gasteiger partial charge in [0.25, 0.3) is 0 Å². The number of halogens is 1. The summed E-state index contributed by atoms with van der Waals surface area (Å²) in [6, 6.07) is 7.47. The fourth-order valence-electron chi connectivity index (χ4n) is 3.64. The van der Waals surface area contributed by atoms with Crippen molar-refractivity contribution in [3.8, 4) is 0 Å². The van der Waals surface area contributed by atoms with E-state index in [0.29, 0.717) is 18.4 Å². The van der Waals surface area contributed by atoms with Crippen LogP contribution in [0, 0.1) is 11.7 Å². The lowest BCUT2D eigenvalue weighted by atomic mass is 10.0. The molecule has 1 aromatic rings. The van der Waals surface area contributed by atoms with Gasteiger partial charge in [-0.15, -0.1) is 0 Å². The Hall–Kier alpha value is -1.46. The van der Waals surface area contributed by atoms with Crippen molar-refractivity contribution in [1.29, 1.82) is 0 Å². The van der Waals surface area contributed by atoms with Crippen LogP contribution in [0.3, 0.4) is 0 Å². The van der Waals surface area contributed by atoms with Crippen molar-refractivity contribution in [2.45, 2.75) is 59.2 Å². The second-order valence-corrected chi connectivity index (χ2v) is 8.03. The second-order valence-electron chi connectivity index (χ2n) is 8.03. The number of hydrogen-bond acceptors (Lipinski definition) is 3. The fraction of sp³-hybridized carbons (Fsp3) is 0.667. The molecule has 1 saturated heterocycles. The van der Waals surface area contributed by atoms with E-state index in [1.807, 2.05) is 26.0 Å². The number of hydrogen-bond donors (Lipinski definition) is 1. The van der Waals surface area contributed by atoms with Gasteiger partial charge in [-0.1, -0.05) is 26.0 Å². The van der Waals surface area contributed by atoms with Gasteiger partial charge in [0.1, 0.15) is 5.82 Å². The van der Waals surface area contributed by atoms with E-state index < -0.39 is 0 Å². The molecule has 0 saturated carbocycles. The molecule has 1 aliphatic heterocycles. The highest BCUT2D eigenvalue weighted by atomic mass is 19.1. The minimum atomic E-state index is -0.184. The summed E-state index contributed by atoms with van der Waals surface area (Å²) in [5.41, 5.74) is 1.15. The zero-order chi connectivity index (χ0) is 19.1. The molecule has 5 heteroatoms. The molecule has 1 atom stereocenters. The van der Waals surface area contributed by atoms with Crippen molar-refractivity contribution in [2.24, 2.45) is 5.92 Å². The minimum Gasteiger partial charge on any atom is -0.354 e. The largest absolute Gasteiger partial charge is 0.354 e. The molecule has 4 nitrogen and oxygen atoms in total. The van der Waals surface area contributed by atoms with Crippen LogP contribution in [0.25, 0.3) is 0 Å². The lowest BCUT2D eigenvalue weighted by molar-refractivity contribution is -0.121. The topological polar surface area (TPSA) is 35.6 Å². The third kappa shape index (κ3) is 6.69. The van der Waals surface area contributed by atoms with Crippen LogP contribution in [-0.2, 0) is 11.3 Å². The molecular formula is C21H34FN3O. The van der Waals surface area contributed by atoms with Crippen molar-refractivity contribution in [3.05, 3.63) is 35.6 Å². The van der Waals surface area contributed by atoms with E-state index in [1.54, 1.807) is 0 Å². The molecule has 1 heterocycles. The Morgan fingerprint density at radius 3 is 2.50 bits per heavy atom. The van der Waals surface area contributed by atoms with Crippen molar-refractivity contribution in [1.82, 2.24) is 15.1 Å². The summed E-state index contributed by atoms with van der Waals surface area (Å²) in [5.74, 6) is 0.477. The molecule has 1 N–H and O–H groups in total. The van der Waals surface area contributed by atoms with Crippen LogP contribution in [0.2, 0.25) is 0 Å². The van der Waals surface area contributed by atoms with E-state index in [0.717, 1.165) is 44.7 Å². The lowest BCUT2D eigenvalue weighted by Gasteiger charge is -2.34. The fourth-order valence-corrected chi connectivity index (χ4v) is 3.64. The normalized spacial score (nSPS) is 19.7. The second kappa shape index (κ2) is 10.0. The van der Waals surface area contributed by atoms with Gasteiger partial charge >= 0.3 is 0 Å². The number of carbonyl (C=O) groups is 1.